The van der Waals surface area contributed by atoms with Crippen LogP contribution in [0, 0.1) is 0 Å². The second kappa shape index (κ2) is 14.7. The number of hydrogen-bond acceptors (Lipinski definition) is 9. The summed E-state index contributed by atoms with van der Waals surface area (Å²) in [5, 5.41) is 5.08. The lowest BCUT2D eigenvalue weighted by Crippen LogP contribution is -2.36. The molecule has 0 aliphatic heterocycles. The van der Waals surface area contributed by atoms with Crippen molar-refractivity contribution < 1.29 is 38.2 Å². The number of primary amides is 2. The van der Waals surface area contributed by atoms with Gasteiger partial charge in [0.25, 0.3) is 0 Å². The predicted molar refractivity (Wildman–Crippen MR) is 86.2 cm³/mol. The molecule has 0 aromatic heterocycles. The number of nitrogens with two attached hydrogens (primary N) is 3. The molecule has 13 heteroatoms. The first-order chi connectivity index (χ1) is 12.3. The first-order valence-corrected chi connectivity index (χ1v) is 7.66. The van der Waals surface area contributed by atoms with Crippen LogP contribution in [0.15, 0.2) is 0 Å². The highest BCUT2D eigenvalue weighted by Gasteiger charge is 2.14. The molecule has 0 aliphatic rings. The van der Waals surface area contributed by atoms with Crippen LogP contribution < -0.4 is 28.0 Å². The molecule has 0 spiro atoms. The van der Waals surface area contributed by atoms with Crippen molar-refractivity contribution in [3.63, 3.8) is 0 Å². The summed E-state index contributed by atoms with van der Waals surface area (Å²) in [6.07, 6.45) is -2.22. The molecule has 26 heavy (non-hydrogen) atoms. The van der Waals surface area contributed by atoms with E-state index in [9.17, 15) is 19.2 Å². The molecule has 0 aromatic carbocycles. The largest absolute Gasteiger partial charge is 0.447 e. The minimum absolute atomic E-state index is 0.146. The summed E-state index contributed by atoms with van der Waals surface area (Å²) in [6, 6.07) is 0. The zero-order valence-electron chi connectivity index (χ0n) is 14.2. The Morgan fingerprint density at radius 1 is 0.885 bits per heavy atom. The average molecular weight is 379 g/mol. The monoisotopic (exact) mass is 379 g/mol. The zero-order chi connectivity index (χ0) is 19.8. The number of hydrogen-bond donors (Lipinski definition) is 5. The van der Waals surface area contributed by atoms with Crippen LogP contribution in [0.2, 0.25) is 0 Å². The second-order valence-corrected chi connectivity index (χ2v) is 4.87. The highest BCUT2D eigenvalue weighted by Crippen LogP contribution is 1.99. The van der Waals surface area contributed by atoms with Crippen molar-refractivity contribution in [2.75, 3.05) is 39.5 Å². The Kier molecular flexibility index (Phi) is 13.2. The fourth-order valence-electron chi connectivity index (χ4n) is 1.60. The highest BCUT2D eigenvalue weighted by atomic mass is 16.6. The first-order valence-electron chi connectivity index (χ1n) is 7.66. The minimum Gasteiger partial charge on any atom is -0.447 e. The van der Waals surface area contributed by atoms with Gasteiger partial charge in [-0.15, -0.1) is 0 Å². The van der Waals surface area contributed by atoms with Gasteiger partial charge in [0.2, 0.25) is 11.8 Å². The number of carbonyl (C=O) groups is 4. The molecule has 0 aromatic rings. The van der Waals surface area contributed by atoms with Crippen molar-refractivity contribution in [1.29, 1.82) is 0 Å². The average Bonchev–Trinajstić information content (AvgIpc) is 2.57. The van der Waals surface area contributed by atoms with Crippen molar-refractivity contribution in [3.05, 3.63) is 0 Å². The van der Waals surface area contributed by atoms with Crippen LogP contribution >= 0.6 is 0 Å². The second-order valence-electron chi connectivity index (χ2n) is 4.87. The standard InChI is InChI=1S/C13H25N5O8/c14-12(21)24-6-9(7-25-13(15)22)23-5-1-2-10(19)17-3-4-18-11(20)8-26-16/h9H,1-8,16H2,(H2,14,21)(H2,15,22)(H,17,19)(H,18,20). The van der Waals surface area contributed by atoms with Crippen molar-refractivity contribution >= 4 is 24.0 Å². The molecular weight excluding hydrogens is 354 g/mol. The normalized spacial score (nSPS) is 10.2. The molecule has 0 bridgehead atoms. The third kappa shape index (κ3) is 14.9. The summed E-state index contributed by atoms with van der Waals surface area (Å²) in [5.74, 6) is 4.10. The molecule has 0 unspecified atom stereocenters. The van der Waals surface area contributed by atoms with Gasteiger partial charge in [0.1, 0.15) is 25.9 Å². The van der Waals surface area contributed by atoms with Gasteiger partial charge in [0, 0.05) is 26.1 Å². The molecule has 0 fully saturated rings. The Hall–Kier alpha value is -2.64. The molecular formula is C13H25N5O8. The quantitative estimate of drug-likeness (QED) is 0.159. The number of ether oxygens (including phenoxy) is 3. The van der Waals surface area contributed by atoms with Crippen molar-refractivity contribution in [2.24, 2.45) is 17.4 Å². The van der Waals surface area contributed by atoms with E-state index in [1.54, 1.807) is 0 Å². The summed E-state index contributed by atoms with van der Waals surface area (Å²) in [4.78, 5) is 47.9. The number of nitrogens with one attached hydrogen (secondary N) is 2. The maximum Gasteiger partial charge on any atom is 0.404 e. The molecule has 0 aliphatic carbocycles. The Morgan fingerprint density at radius 2 is 1.42 bits per heavy atom. The fourth-order valence-corrected chi connectivity index (χ4v) is 1.60. The van der Waals surface area contributed by atoms with E-state index < -0.39 is 24.2 Å². The molecule has 8 N–H and O–H groups in total. The number of rotatable bonds is 14. The SMILES string of the molecule is NOCC(=O)NCCNC(=O)CCCOC(COC(N)=O)COC(N)=O. The fraction of sp³-hybridized carbons (Fsp3) is 0.692. The predicted octanol–water partition coefficient (Wildman–Crippen LogP) is -2.53. The number of amides is 4. The van der Waals surface area contributed by atoms with Crippen molar-refractivity contribution in [2.45, 2.75) is 18.9 Å². The Morgan fingerprint density at radius 3 is 1.92 bits per heavy atom. The third-order valence-corrected chi connectivity index (χ3v) is 2.71. The van der Waals surface area contributed by atoms with E-state index in [4.69, 9.17) is 22.1 Å². The van der Waals surface area contributed by atoms with E-state index in [0.29, 0.717) is 6.42 Å². The van der Waals surface area contributed by atoms with Gasteiger partial charge in [0.15, 0.2) is 0 Å². The molecule has 0 atom stereocenters. The van der Waals surface area contributed by atoms with Crippen LogP contribution in [0.3, 0.4) is 0 Å². The first kappa shape index (κ1) is 23.4. The van der Waals surface area contributed by atoms with Crippen LogP contribution in [0.5, 0.6) is 0 Å². The van der Waals surface area contributed by atoms with Gasteiger partial charge in [-0.3, -0.25) is 14.4 Å². The summed E-state index contributed by atoms with van der Waals surface area (Å²) in [5.41, 5.74) is 9.69. The van der Waals surface area contributed by atoms with E-state index in [1.165, 1.54) is 0 Å². The molecule has 13 nitrogen and oxygen atoms in total. The molecule has 150 valence electrons. The van der Waals surface area contributed by atoms with Gasteiger partial charge >= 0.3 is 12.2 Å². The van der Waals surface area contributed by atoms with Crippen LogP contribution in [0.25, 0.3) is 0 Å². The maximum atomic E-state index is 11.6. The maximum absolute atomic E-state index is 11.6. The molecule has 0 rings (SSSR count). The van der Waals surface area contributed by atoms with Crippen LogP contribution in [-0.4, -0.2) is 69.6 Å². The molecule has 4 amide bonds. The van der Waals surface area contributed by atoms with E-state index in [0.717, 1.165) is 0 Å². The third-order valence-electron chi connectivity index (χ3n) is 2.71. The van der Waals surface area contributed by atoms with Crippen LogP contribution in [0.4, 0.5) is 9.59 Å². The Labute approximate surface area is 149 Å². The summed E-state index contributed by atoms with van der Waals surface area (Å²) < 4.78 is 14.5. The lowest BCUT2D eigenvalue weighted by molar-refractivity contribution is -0.126. The number of carbonyl (C=O) groups excluding carboxylic acids is 4. The molecule has 0 saturated carbocycles. The summed E-state index contributed by atoms with van der Waals surface area (Å²) >= 11 is 0. The topological polar surface area (TPSA) is 207 Å². The lowest BCUT2D eigenvalue weighted by Gasteiger charge is -2.16. The van der Waals surface area contributed by atoms with Gasteiger partial charge in [-0.05, 0) is 6.42 Å². The van der Waals surface area contributed by atoms with Crippen LogP contribution in [0.1, 0.15) is 12.8 Å². The van der Waals surface area contributed by atoms with Gasteiger partial charge in [0.05, 0.1) is 0 Å². The highest BCUT2D eigenvalue weighted by molar-refractivity contribution is 5.77. The van der Waals surface area contributed by atoms with Crippen molar-refractivity contribution in [3.8, 4) is 0 Å². The van der Waals surface area contributed by atoms with Gasteiger partial charge in [-0.25, -0.2) is 15.5 Å². The lowest BCUT2D eigenvalue weighted by atomic mass is 10.3. The Balaban J connectivity index is 3.85. The zero-order valence-corrected chi connectivity index (χ0v) is 14.2. The summed E-state index contributed by atoms with van der Waals surface area (Å²) in [7, 11) is 0. The van der Waals surface area contributed by atoms with Gasteiger partial charge in [-0.1, -0.05) is 0 Å². The summed E-state index contributed by atoms with van der Waals surface area (Å²) in [6.45, 7) is -0.0702. The van der Waals surface area contributed by atoms with E-state index in [-0.39, 0.29) is 51.8 Å². The minimum atomic E-state index is -0.998. The van der Waals surface area contributed by atoms with Gasteiger partial charge in [-0.2, -0.15) is 0 Å². The molecule has 0 radical (unpaired) electrons. The molecule has 0 heterocycles. The molecule has 0 saturated heterocycles. The van der Waals surface area contributed by atoms with E-state index in [1.807, 2.05) is 0 Å². The van der Waals surface area contributed by atoms with Gasteiger partial charge < -0.3 is 36.3 Å². The van der Waals surface area contributed by atoms with E-state index in [2.05, 4.69) is 24.9 Å². The van der Waals surface area contributed by atoms with E-state index >= 15 is 0 Å². The smallest absolute Gasteiger partial charge is 0.404 e. The Bertz CT molecular complexity index is 444. The van der Waals surface area contributed by atoms with Crippen LogP contribution in [-0.2, 0) is 28.6 Å². The van der Waals surface area contributed by atoms with Crippen molar-refractivity contribution in [1.82, 2.24) is 10.6 Å².